The Kier molecular flexibility index (Phi) is 8.66. The Morgan fingerprint density at radius 1 is 0.907 bits per heavy atom. The number of fused-ring (bicyclic) bond motifs is 1. The van der Waals surface area contributed by atoms with E-state index in [0.717, 1.165) is 11.1 Å². The second-order valence-electron chi connectivity index (χ2n) is 10.2. The number of carbonyl (C=O) groups excluding carboxylic acids is 3. The van der Waals surface area contributed by atoms with Gasteiger partial charge in [0, 0.05) is 51.1 Å². The number of hydrogen-bond donors (Lipinski definition) is 3. The van der Waals surface area contributed by atoms with Crippen LogP contribution in [0.1, 0.15) is 36.8 Å². The molecule has 0 saturated carbocycles. The Morgan fingerprint density at radius 3 is 2.19 bits per heavy atom. The number of benzene rings is 2. The first kappa shape index (κ1) is 29.2. The number of hydrogen-bond acceptors (Lipinski definition) is 6. The fourth-order valence-electron chi connectivity index (χ4n) is 5.12. The monoisotopic (exact) mass is 577 g/mol. The molecule has 10 nitrogen and oxygen atoms in total. The van der Waals surface area contributed by atoms with Crippen molar-refractivity contribution in [2.75, 3.05) is 31.5 Å². The molecule has 0 aliphatic carbocycles. The van der Waals surface area contributed by atoms with Crippen LogP contribution in [0.25, 0.3) is 22.4 Å². The smallest absolute Gasteiger partial charge is 0.278 e. The number of aromatic nitrogens is 3. The topological polar surface area (TPSA) is 123 Å². The number of carbonyl (C=O) groups is 3. The molecule has 2 aromatic carbocycles. The lowest BCUT2D eigenvalue weighted by Gasteiger charge is -2.35. The highest BCUT2D eigenvalue weighted by atomic mass is 16.2. The first-order valence-corrected chi connectivity index (χ1v) is 14.4. The van der Waals surface area contributed by atoms with Crippen molar-refractivity contribution in [2.24, 2.45) is 0 Å². The largest absolute Gasteiger partial charge is 0.368 e. The van der Waals surface area contributed by atoms with E-state index >= 15 is 0 Å². The summed E-state index contributed by atoms with van der Waals surface area (Å²) in [4.78, 5) is 54.6. The van der Waals surface area contributed by atoms with Gasteiger partial charge in [-0.05, 0) is 37.6 Å². The van der Waals surface area contributed by atoms with Gasteiger partial charge in [0.25, 0.3) is 5.91 Å². The van der Waals surface area contributed by atoms with Gasteiger partial charge in [0.1, 0.15) is 22.6 Å². The molecule has 43 heavy (non-hydrogen) atoms. The number of nitrogens with one attached hydrogen (secondary N) is 3. The fourth-order valence-corrected chi connectivity index (χ4v) is 5.12. The number of amides is 3. The molecule has 3 N–H and O–H groups in total. The Morgan fingerprint density at radius 2 is 1.56 bits per heavy atom. The van der Waals surface area contributed by atoms with Crippen LogP contribution < -0.4 is 10.6 Å². The van der Waals surface area contributed by atoms with Crippen LogP contribution in [0, 0.1) is 0 Å². The number of rotatable bonds is 10. The highest BCUT2D eigenvalue weighted by Gasteiger charge is 2.40. The number of H-pyrrole nitrogens is 1. The first-order valence-electron chi connectivity index (χ1n) is 14.4. The maximum absolute atomic E-state index is 13.7. The molecule has 0 spiro atoms. The number of anilines is 1. The zero-order chi connectivity index (χ0) is 30.4. The quantitative estimate of drug-likeness (QED) is 0.239. The molecule has 2 aromatic heterocycles. The van der Waals surface area contributed by atoms with Crippen molar-refractivity contribution in [3.05, 3.63) is 103 Å². The average molecular weight is 578 g/mol. The molecule has 0 bridgehead atoms. The van der Waals surface area contributed by atoms with E-state index in [9.17, 15) is 14.4 Å². The number of nitrogens with zero attached hydrogens (tertiary/aromatic N) is 4. The molecule has 3 amide bonds. The second kappa shape index (κ2) is 12.7. The molecule has 1 aliphatic heterocycles. The third kappa shape index (κ3) is 6.04. The predicted molar refractivity (Wildman–Crippen MR) is 167 cm³/mol. The Labute approximate surface area is 250 Å². The average Bonchev–Trinajstić information content (AvgIpc) is 3.48. The molecule has 0 unspecified atom stereocenters. The molecule has 0 radical (unpaired) electrons. The minimum absolute atomic E-state index is 0.0485. The van der Waals surface area contributed by atoms with Crippen LogP contribution in [-0.2, 0) is 15.0 Å². The zero-order valence-electron chi connectivity index (χ0n) is 24.5. The number of aromatic amines is 1. The standard InChI is InChI=1S/C33H35N7O3/c1-4-39(5-2)32(43)33(25-14-10-7-11-15-25)16-20-40(21-17-33)31(42)27-22-26-29(35-19-18-34-23(3)41)37-28(38-30(26)36-27)24-12-8-6-9-13-24/h6-17,20-22H,4-5,18-19H2,1-3H3,(H,34,41)(H2,35,36,37,38). The van der Waals surface area contributed by atoms with Gasteiger partial charge in [0.05, 0.1) is 5.39 Å². The normalized spacial score (nSPS) is 13.6. The molecule has 5 rings (SSSR count). The molecular formula is C33H35N7O3. The van der Waals surface area contributed by atoms with Gasteiger partial charge in [0.2, 0.25) is 11.8 Å². The Hall–Kier alpha value is -5.25. The summed E-state index contributed by atoms with van der Waals surface area (Å²) in [6, 6.07) is 20.9. The fraction of sp³-hybridized carbons (Fsp3) is 0.242. The van der Waals surface area contributed by atoms with Crippen molar-refractivity contribution in [2.45, 2.75) is 26.2 Å². The van der Waals surface area contributed by atoms with Gasteiger partial charge < -0.3 is 20.5 Å². The maximum atomic E-state index is 13.7. The van der Waals surface area contributed by atoms with Crippen molar-refractivity contribution in [1.29, 1.82) is 0 Å². The Balaban J connectivity index is 1.47. The SMILES string of the molecule is CCN(CC)C(=O)C1(c2ccccc2)C=CN(C(=O)c2cc3c(NCCNC(C)=O)nc(-c4ccccc4)nc3[nH]2)C=C1. The summed E-state index contributed by atoms with van der Waals surface area (Å²) in [6.07, 6.45) is 6.86. The lowest BCUT2D eigenvalue weighted by Crippen LogP contribution is -2.46. The van der Waals surface area contributed by atoms with Gasteiger partial charge in [-0.2, -0.15) is 0 Å². The molecular weight excluding hydrogens is 542 g/mol. The second-order valence-corrected chi connectivity index (χ2v) is 10.2. The summed E-state index contributed by atoms with van der Waals surface area (Å²) in [7, 11) is 0. The van der Waals surface area contributed by atoms with Crippen molar-refractivity contribution in [3.8, 4) is 11.4 Å². The van der Waals surface area contributed by atoms with Crippen molar-refractivity contribution in [1.82, 2.24) is 30.1 Å². The molecule has 3 heterocycles. The minimum Gasteiger partial charge on any atom is -0.368 e. The van der Waals surface area contributed by atoms with E-state index < -0.39 is 5.41 Å². The molecule has 10 heteroatoms. The van der Waals surface area contributed by atoms with Crippen LogP contribution in [0.4, 0.5) is 5.82 Å². The third-order valence-corrected chi connectivity index (χ3v) is 7.43. The van der Waals surface area contributed by atoms with E-state index in [2.05, 4.69) is 15.6 Å². The van der Waals surface area contributed by atoms with Crippen LogP contribution in [-0.4, -0.2) is 68.7 Å². The molecule has 1 aliphatic rings. The van der Waals surface area contributed by atoms with Crippen LogP contribution in [0.3, 0.4) is 0 Å². The highest BCUT2D eigenvalue weighted by Crippen LogP contribution is 2.34. The lowest BCUT2D eigenvalue weighted by atomic mass is 9.77. The summed E-state index contributed by atoms with van der Waals surface area (Å²) in [6.45, 7) is 7.39. The van der Waals surface area contributed by atoms with E-state index in [4.69, 9.17) is 9.97 Å². The van der Waals surface area contributed by atoms with Crippen molar-refractivity contribution < 1.29 is 14.4 Å². The summed E-state index contributed by atoms with van der Waals surface area (Å²) >= 11 is 0. The zero-order valence-corrected chi connectivity index (χ0v) is 24.5. The summed E-state index contributed by atoms with van der Waals surface area (Å²) in [5.41, 5.74) is 1.45. The Bertz CT molecular complexity index is 1660. The predicted octanol–water partition coefficient (Wildman–Crippen LogP) is 4.46. The van der Waals surface area contributed by atoms with Gasteiger partial charge in [-0.15, -0.1) is 0 Å². The molecule has 0 saturated heterocycles. The summed E-state index contributed by atoms with van der Waals surface area (Å²) in [5, 5.41) is 6.67. The van der Waals surface area contributed by atoms with E-state index in [1.165, 1.54) is 11.8 Å². The van der Waals surface area contributed by atoms with Gasteiger partial charge in [-0.25, -0.2) is 9.97 Å². The van der Waals surface area contributed by atoms with Crippen LogP contribution in [0.15, 0.2) is 91.3 Å². The molecule has 220 valence electrons. The van der Waals surface area contributed by atoms with Crippen LogP contribution in [0.5, 0.6) is 0 Å². The van der Waals surface area contributed by atoms with Gasteiger partial charge in [0.15, 0.2) is 5.82 Å². The van der Waals surface area contributed by atoms with E-state index in [-0.39, 0.29) is 17.7 Å². The van der Waals surface area contributed by atoms with E-state index in [1.807, 2.05) is 74.5 Å². The van der Waals surface area contributed by atoms with Crippen LogP contribution >= 0.6 is 0 Å². The minimum atomic E-state index is -1.02. The number of likely N-dealkylation sites (N-methyl/N-ethyl adjacent to an activating group) is 1. The summed E-state index contributed by atoms with van der Waals surface area (Å²) < 4.78 is 0. The molecule has 0 fully saturated rings. The van der Waals surface area contributed by atoms with Gasteiger partial charge >= 0.3 is 0 Å². The lowest BCUT2D eigenvalue weighted by molar-refractivity contribution is -0.133. The van der Waals surface area contributed by atoms with Crippen molar-refractivity contribution in [3.63, 3.8) is 0 Å². The summed E-state index contributed by atoms with van der Waals surface area (Å²) in [5.74, 6) is 0.561. The van der Waals surface area contributed by atoms with Gasteiger partial charge in [-0.1, -0.05) is 60.7 Å². The first-order chi connectivity index (χ1) is 20.9. The van der Waals surface area contributed by atoms with Crippen molar-refractivity contribution >= 4 is 34.6 Å². The molecule has 0 atom stereocenters. The van der Waals surface area contributed by atoms with E-state index in [0.29, 0.717) is 54.5 Å². The van der Waals surface area contributed by atoms with Crippen LogP contribution in [0.2, 0.25) is 0 Å². The third-order valence-electron chi connectivity index (χ3n) is 7.43. The van der Waals surface area contributed by atoms with Gasteiger partial charge in [-0.3, -0.25) is 19.3 Å². The highest BCUT2D eigenvalue weighted by molar-refractivity contribution is 6.02. The maximum Gasteiger partial charge on any atom is 0.278 e. The molecule has 4 aromatic rings. The van der Waals surface area contributed by atoms with E-state index in [1.54, 1.807) is 35.5 Å².